The Morgan fingerprint density at radius 3 is 1.79 bits per heavy atom. The van der Waals surface area contributed by atoms with Gasteiger partial charge in [-0.25, -0.2) is 0 Å². The minimum Gasteiger partial charge on any atom is -0.330 e. The fourth-order valence-corrected chi connectivity index (χ4v) is 2.34. The Balaban J connectivity index is 4.17. The molecule has 0 saturated carbocycles. The van der Waals surface area contributed by atoms with Crippen molar-refractivity contribution in [3.8, 4) is 0 Å². The molecule has 0 unspecified atom stereocenters. The van der Waals surface area contributed by atoms with Gasteiger partial charge in [0.2, 0.25) is 0 Å². The second-order valence-electron chi connectivity index (χ2n) is 5.14. The summed E-state index contributed by atoms with van der Waals surface area (Å²) in [4.78, 5) is 0. The van der Waals surface area contributed by atoms with Crippen LogP contribution < -0.4 is 5.73 Å². The average molecular weight is 199 g/mol. The van der Waals surface area contributed by atoms with Crippen molar-refractivity contribution < 1.29 is 0 Å². The van der Waals surface area contributed by atoms with Gasteiger partial charge in [-0.15, -0.1) is 0 Å². The predicted molar refractivity (Wildman–Crippen MR) is 65.4 cm³/mol. The van der Waals surface area contributed by atoms with Crippen molar-refractivity contribution in [2.75, 3.05) is 6.54 Å². The molecule has 0 aliphatic rings. The van der Waals surface area contributed by atoms with Crippen LogP contribution in [0.3, 0.4) is 0 Å². The third kappa shape index (κ3) is 4.99. The molecule has 86 valence electrons. The van der Waals surface area contributed by atoms with E-state index >= 15 is 0 Å². The number of nitrogens with two attached hydrogens (primary N) is 1. The Hall–Kier alpha value is -0.0400. The number of rotatable bonds is 8. The van der Waals surface area contributed by atoms with Crippen molar-refractivity contribution >= 4 is 0 Å². The van der Waals surface area contributed by atoms with Gasteiger partial charge in [0.15, 0.2) is 0 Å². The molecule has 0 bridgehead atoms. The molecule has 0 radical (unpaired) electrons. The summed E-state index contributed by atoms with van der Waals surface area (Å²) in [7, 11) is 0. The third-order valence-corrected chi connectivity index (χ3v) is 3.25. The Labute approximate surface area is 90.5 Å². The largest absolute Gasteiger partial charge is 0.330 e. The summed E-state index contributed by atoms with van der Waals surface area (Å²) in [5.74, 6) is 0.814. The van der Waals surface area contributed by atoms with Gasteiger partial charge in [-0.1, -0.05) is 47.0 Å². The van der Waals surface area contributed by atoms with Gasteiger partial charge in [0.25, 0.3) is 0 Å². The summed E-state index contributed by atoms with van der Waals surface area (Å²) in [6, 6.07) is 0. The summed E-state index contributed by atoms with van der Waals surface area (Å²) in [5.41, 5.74) is 6.42. The van der Waals surface area contributed by atoms with E-state index in [-0.39, 0.29) is 0 Å². The predicted octanol–water partition coefficient (Wildman–Crippen LogP) is 3.97. The molecular formula is C13H29N. The normalized spacial score (nSPS) is 12.4. The van der Waals surface area contributed by atoms with Crippen LogP contribution in [0.15, 0.2) is 0 Å². The first kappa shape index (κ1) is 14.0. The lowest BCUT2D eigenvalue weighted by Gasteiger charge is -2.33. The van der Waals surface area contributed by atoms with Gasteiger partial charge in [0.1, 0.15) is 0 Å². The van der Waals surface area contributed by atoms with Gasteiger partial charge < -0.3 is 5.73 Å². The molecule has 0 aromatic rings. The van der Waals surface area contributed by atoms with Gasteiger partial charge in [0, 0.05) is 0 Å². The van der Waals surface area contributed by atoms with Gasteiger partial charge in [-0.3, -0.25) is 0 Å². The molecule has 0 spiro atoms. The van der Waals surface area contributed by atoms with E-state index in [0.717, 1.165) is 12.5 Å². The van der Waals surface area contributed by atoms with Crippen LogP contribution in [0, 0.1) is 11.3 Å². The van der Waals surface area contributed by atoms with E-state index in [4.69, 9.17) is 5.73 Å². The highest BCUT2D eigenvalue weighted by atomic mass is 14.6. The van der Waals surface area contributed by atoms with Crippen LogP contribution in [0.4, 0.5) is 0 Å². The molecule has 0 saturated heterocycles. The van der Waals surface area contributed by atoms with Crippen molar-refractivity contribution in [1.29, 1.82) is 0 Å². The van der Waals surface area contributed by atoms with E-state index in [1.165, 1.54) is 38.5 Å². The summed E-state index contributed by atoms with van der Waals surface area (Å²) in [5, 5.41) is 0. The standard InChI is InChI=1S/C13H29N/c1-5-8-13(11-14,9-6-2)10-7-12(3)4/h12H,5-11,14H2,1-4H3. The molecule has 2 N–H and O–H groups in total. The van der Waals surface area contributed by atoms with E-state index in [1.807, 2.05) is 0 Å². The van der Waals surface area contributed by atoms with E-state index in [0.29, 0.717) is 5.41 Å². The zero-order chi connectivity index (χ0) is 11.0. The first-order valence-electron chi connectivity index (χ1n) is 6.30. The molecule has 0 rings (SSSR count). The van der Waals surface area contributed by atoms with Crippen LogP contribution >= 0.6 is 0 Å². The highest BCUT2D eigenvalue weighted by Crippen LogP contribution is 2.34. The molecule has 14 heavy (non-hydrogen) atoms. The van der Waals surface area contributed by atoms with Crippen molar-refractivity contribution in [3.63, 3.8) is 0 Å². The fourth-order valence-electron chi connectivity index (χ4n) is 2.34. The van der Waals surface area contributed by atoms with Crippen LogP contribution in [0.1, 0.15) is 66.2 Å². The highest BCUT2D eigenvalue weighted by Gasteiger charge is 2.26. The molecule has 0 atom stereocenters. The summed E-state index contributed by atoms with van der Waals surface area (Å²) in [6.45, 7) is 10.0. The van der Waals surface area contributed by atoms with Gasteiger partial charge >= 0.3 is 0 Å². The van der Waals surface area contributed by atoms with Gasteiger partial charge in [0.05, 0.1) is 0 Å². The third-order valence-electron chi connectivity index (χ3n) is 3.25. The molecule has 1 heteroatoms. The van der Waals surface area contributed by atoms with Gasteiger partial charge in [-0.2, -0.15) is 0 Å². The summed E-state index contributed by atoms with van der Waals surface area (Å²) in [6.07, 6.45) is 7.82. The van der Waals surface area contributed by atoms with Crippen molar-refractivity contribution in [2.45, 2.75) is 66.2 Å². The monoisotopic (exact) mass is 199 g/mol. The fraction of sp³-hybridized carbons (Fsp3) is 1.00. The Morgan fingerprint density at radius 2 is 1.50 bits per heavy atom. The maximum atomic E-state index is 5.97. The van der Waals surface area contributed by atoms with Crippen molar-refractivity contribution in [3.05, 3.63) is 0 Å². The summed E-state index contributed by atoms with van der Waals surface area (Å²) < 4.78 is 0. The van der Waals surface area contributed by atoms with E-state index < -0.39 is 0 Å². The van der Waals surface area contributed by atoms with E-state index in [2.05, 4.69) is 27.7 Å². The van der Waals surface area contributed by atoms with Crippen LogP contribution in [0.5, 0.6) is 0 Å². The lowest BCUT2D eigenvalue weighted by molar-refractivity contribution is 0.208. The zero-order valence-electron chi connectivity index (χ0n) is 10.6. The quantitative estimate of drug-likeness (QED) is 0.629. The molecule has 0 heterocycles. The average Bonchev–Trinajstić information content (AvgIpc) is 2.15. The second kappa shape index (κ2) is 7.28. The molecule has 0 aliphatic heterocycles. The molecule has 1 nitrogen and oxygen atoms in total. The number of hydrogen-bond acceptors (Lipinski definition) is 1. The van der Waals surface area contributed by atoms with Crippen LogP contribution in [0.2, 0.25) is 0 Å². The first-order valence-corrected chi connectivity index (χ1v) is 6.30. The second-order valence-corrected chi connectivity index (χ2v) is 5.14. The van der Waals surface area contributed by atoms with Crippen molar-refractivity contribution in [1.82, 2.24) is 0 Å². The SMILES string of the molecule is CCCC(CN)(CCC)CCC(C)C. The molecule has 0 aromatic heterocycles. The maximum absolute atomic E-state index is 5.97. The van der Waals surface area contributed by atoms with Crippen LogP contribution in [-0.2, 0) is 0 Å². The van der Waals surface area contributed by atoms with E-state index in [9.17, 15) is 0 Å². The lowest BCUT2D eigenvalue weighted by atomic mass is 9.74. The van der Waals surface area contributed by atoms with Crippen LogP contribution in [0.25, 0.3) is 0 Å². The number of hydrogen-bond donors (Lipinski definition) is 1. The summed E-state index contributed by atoms with van der Waals surface area (Å²) >= 11 is 0. The topological polar surface area (TPSA) is 26.0 Å². The molecule has 0 amide bonds. The first-order chi connectivity index (χ1) is 6.60. The van der Waals surface area contributed by atoms with Crippen LogP contribution in [-0.4, -0.2) is 6.54 Å². The smallest absolute Gasteiger partial charge is 0.00205 e. The Morgan fingerprint density at radius 1 is 1.00 bits per heavy atom. The molecular weight excluding hydrogens is 170 g/mol. The van der Waals surface area contributed by atoms with Crippen molar-refractivity contribution in [2.24, 2.45) is 17.1 Å². The van der Waals surface area contributed by atoms with Gasteiger partial charge in [-0.05, 0) is 37.1 Å². The minimum absolute atomic E-state index is 0.452. The lowest BCUT2D eigenvalue weighted by Crippen LogP contribution is -2.30. The molecule has 0 aliphatic carbocycles. The molecule has 0 fully saturated rings. The Kier molecular flexibility index (Phi) is 7.26. The maximum Gasteiger partial charge on any atom is -0.00205 e. The zero-order valence-corrected chi connectivity index (χ0v) is 10.6. The highest BCUT2D eigenvalue weighted by molar-refractivity contribution is 4.80. The Bertz CT molecular complexity index is 123. The molecule has 0 aromatic carbocycles. The van der Waals surface area contributed by atoms with E-state index in [1.54, 1.807) is 0 Å². The minimum atomic E-state index is 0.452.